The summed E-state index contributed by atoms with van der Waals surface area (Å²) >= 11 is 0. The Morgan fingerprint density at radius 2 is 1.92 bits per heavy atom. The number of benzene rings is 1. The van der Waals surface area contributed by atoms with Crippen LogP contribution in [0, 0.1) is 0 Å². The molecule has 25 heavy (non-hydrogen) atoms. The number of likely N-dealkylation sites (tertiary alicyclic amines) is 1. The first-order valence-corrected chi connectivity index (χ1v) is 9.14. The van der Waals surface area contributed by atoms with Crippen LogP contribution in [0.5, 0.6) is 0 Å². The summed E-state index contributed by atoms with van der Waals surface area (Å²) in [4.78, 5) is 25.3. The van der Waals surface area contributed by atoms with Crippen LogP contribution in [-0.4, -0.2) is 55.7 Å². The van der Waals surface area contributed by atoms with Gasteiger partial charge in [0.05, 0.1) is 13.2 Å². The van der Waals surface area contributed by atoms with Gasteiger partial charge in [-0.25, -0.2) is 4.79 Å². The van der Waals surface area contributed by atoms with Crippen LogP contribution < -0.4 is 10.6 Å². The molecule has 0 aliphatic carbocycles. The molecule has 6 heteroatoms. The van der Waals surface area contributed by atoms with Crippen molar-refractivity contribution >= 4 is 12.0 Å². The first-order valence-electron chi connectivity index (χ1n) is 9.14. The van der Waals surface area contributed by atoms with Crippen molar-refractivity contribution in [2.45, 2.75) is 38.6 Å². The van der Waals surface area contributed by atoms with Gasteiger partial charge in [0.1, 0.15) is 0 Å². The standard InChI is InChI=1S/C19H29N3O3/c1-2-25-19(24)22-13-10-17(11-14-22)21-18(23)15-20-12-6-9-16-7-4-3-5-8-16/h3-5,7-8,17,20H,2,6,9-15H2,1H3,(H,21,23). The first-order chi connectivity index (χ1) is 12.2. The highest BCUT2D eigenvalue weighted by atomic mass is 16.6. The summed E-state index contributed by atoms with van der Waals surface area (Å²) in [5.41, 5.74) is 1.32. The molecule has 1 aliphatic rings. The highest BCUT2D eigenvalue weighted by molar-refractivity contribution is 5.78. The summed E-state index contributed by atoms with van der Waals surface area (Å²) in [5, 5.41) is 6.23. The number of amides is 2. The van der Waals surface area contributed by atoms with E-state index in [4.69, 9.17) is 4.74 Å². The fourth-order valence-corrected chi connectivity index (χ4v) is 2.96. The van der Waals surface area contributed by atoms with Gasteiger partial charge in [-0.15, -0.1) is 0 Å². The molecule has 0 saturated carbocycles. The average molecular weight is 347 g/mol. The normalized spacial score (nSPS) is 15.0. The predicted octanol–water partition coefficient (Wildman–Crippen LogP) is 1.95. The Morgan fingerprint density at radius 1 is 1.20 bits per heavy atom. The summed E-state index contributed by atoms with van der Waals surface area (Å²) in [5.74, 6) is 0.0225. The van der Waals surface area contributed by atoms with Crippen molar-refractivity contribution in [2.24, 2.45) is 0 Å². The molecule has 6 nitrogen and oxygen atoms in total. The molecule has 2 N–H and O–H groups in total. The number of rotatable bonds is 8. The van der Waals surface area contributed by atoms with Gasteiger partial charge in [0.25, 0.3) is 0 Å². The molecule has 0 bridgehead atoms. The minimum Gasteiger partial charge on any atom is -0.450 e. The van der Waals surface area contributed by atoms with E-state index < -0.39 is 0 Å². The third-order valence-corrected chi connectivity index (χ3v) is 4.33. The van der Waals surface area contributed by atoms with Crippen molar-refractivity contribution in [1.29, 1.82) is 0 Å². The fraction of sp³-hybridized carbons (Fsp3) is 0.579. The largest absolute Gasteiger partial charge is 0.450 e. The Balaban J connectivity index is 1.53. The second-order valence-corrected chi connectivity index (χ2v) is 6.29. The molecule has 1 saturated heterocycles. The van der Waals surface area contributed by atoms with E-state index in [-0.39, 0.29) is 18.0 Å². The van der Waals surface area contributed by atoms with Crippen molar-refractivity contribution < 1.29 is 14.3 Å². The second kappa shape index (κ2) is 10.7. The van der Waals surface area contributed by atoms with Gasteiger partial charge in [0.2, 0.25) is 5.91 Å². The van der Waals surface area contributed by atoms with E-state index >= 15 is 0 Å². The van der Waals surface area contributed by atoms with E-state index in [1.807, 2.05) is 18.2 Å². The number of hydrogen-bond acceptors (Lipinski definition) is 4. The summed E-state index contributed by atoms with van der Waals surface area (Å²) in [6, 6.07) is 10.5. The van der Waals surface area contributed by atoms with Gasteiger partial charge >= 0.3 is 6.09 Å². The lowest BCUT2D eigenvalue weighted by Gasteiger charge is -2.31. The molecule has 1 aromatic carbocycles. The Bertz CT molecular complexity index is 528. The number of carbonyl (C=O) groups excluding carboxylic acids is 2. The molecule has 0 unspecified atom stereocenters. The molecule has 138 valence electrons. The maximum atomic E-state index is 12.0. The minimum atomic E-state index is -0.257. The molecule has 1 heterocycles. The number of nitrogens with zero attached hydrogens (tertiary/aromatic N) is 1. The van der Waals surface area contributed by atoms with Crippen LogP contribution in [0.2, 0.25) is 0 Å². The lowest BCUT2D eigenvalue weighted by Crippen LogP contribution is -2.48. The van der Waals surface area contributed by atoms with Crippen LogP contribution in [0.15, 0.2) is 30.3 Å². The molecule has 0 spiro atoms. The predicted molar refractivity (Wildman–Crippen MR) is 97.4 cm³/mol. The summed E-state index contributed by atoms with van der Waals surface area (Å²) < 4.78 is 5.00. The third kappa shape index (κ3) is 7.13. The molecule has 2 rings (SSSR count). The van der Waals surface area contributed by atoms with E-state index in [0.717, 1.165) is 32.2 Å². The quantitative estimate of drug-likeness (QED) is 0.705. The van der Waals surface area contributed by atoms with Gasteiger partial charge in [-0.3, -0.25) is 4.79 Å². The molecule has 0 atom stereocenters. The van der Waals surface area contributed by atoms with Gasteiger partial charge in [-0.1, -0.05) is 30.3 Å². The zero-order valence-electron chi connectivity index (χ0n) is 15.0. The molecular weight excluding hydrogens is 318 g/mol. The molecule has 0 aromatic heterocycles. The van der Waals surface area contributed by atoms with Crippen LogP contribution in [0.1, 0.15) is 31.7 Å². The van der Waals surface area contributed by atoms with E-state index in [1.54, 1.807) is 11.8 Å². The summed E-state index contributed by atoms with van der Waals surface area (Å²) in [6.07, 6.45) is 3.32. The van der Waals surface area contributed by atoms with Gasteiger partial charge in [0, 0.05) is 19.1 Å². The molecule has 0 radical (unpaired) electrons. The maximum absolute atomic E-state index is 12.0. The number of carbonyl (C=O) groups is 2. The van der Waals surface area contributed by atoms with Crippen molar-refractivity contribution in [3.63, 3.8) is 0 Å². The lowest BCUT2D eigenvalue weighted by atomic mass is 10.1. The van der Waals surface area contributed by atoms with Crippen LogP contribution in [0.4, 0.5) is 4.79 Å². The highest BCUT2D eigenvalue weighted by Crippen LogP contribution is 2.11. The number of nitrogens with one attached hydrogen (secondary N) is 2. The van der Waals surface area contributed by atoms with Gasteiger partial charge in [-0.2, -0.15) is 0 Å². The van der Waals surface area contributed by atoms with E-state index in [9.17, 15) is 9.59 Å². The van der Waals surface area contributed by atoms with Crippen molar-refractivity contribution in [3.05, 3.63) is 35.9 Å². The Kier molecular flexibility index (Phi) is 8.25. The molecular formula is C19H29N3O3. The van der Waals surface area contributed by atoms with E-state index in [1.165, 1.54) is 5.56 Å². The number of hydrogen-bond donors (Lipinski definition) is 2. The fourth-order valence-electron chi connectivity index (χ4n) is 2.96. The summed E-state index contributed by atoms with van der Waals surface area (Å²) in [7, 11) is 0. The number of ether oxygens (including phenoxy) is 1. The second-order valence-electron chi connectivity index (χ2n) is 6.29. The van der Waals surface area contributed by atoms with Crippen molar-refractivity contribution in [2.75, 3.05) is 32.8 Å². The zero-order chi connectivity index (χ0) is 17.9. The minimum absolute atomic E-state index is 0.0225. The first kappa shape index (κ1) is 19.2. The third-order valence-electron chi connectivity index (χ3n) is 4.33. The topological polar surface area (TPSA) is 70.7 Å². The number of aryl methyl sites for hydroxylation is 1. The average Bonchev–Trinajstić information content (AvgIpc) is 2.63. The zero-order valence-corrected chi connectivity index (χ0v) is 15.0. The Hall–Kier alpha value is -2.08. The van der Waals surface area contributed by atoms with Gasteiger partial charge in [-0.05, 0) is 44.7 Å². The van der Waals surface area contributed by atoms with Crippen LogP contribution in [0.3, 0.4) is 0 Å². The lowest BCUT2D eigenvalue weighted by molar-refractivity contribution is -0.121. The monoisotopic (exact) mass is 347 g/mol. The molecule has 1 aliphatic heterocycles. The van der Waals surface area contributed by atoms with Crippen molar-refractivity contribution in [3.8, 4) is 0 Å². The van der Waals surface area contributed by atoms with E-state index in [0.29, 0.717) is 26.2 Å². The Morgan fingerprint density at radius 3 is 2.60 bits per heavy atom. The Labute approximate surface area is 149 Å². The van der Waals surface area contributed by atoms with Crippen molar-refractivity contribution in [1.82, 2.24) is 15.5 Å². The molecule has 1 aromatic rings. The highest BCUT2D eigenvalue weighted by Gasteiger charge is 2.24. The van der Waals surface area contributed by atoms with E-state index in [2.05, 4.69) is 22.8 Å². The maximum Gasteiger partial charge on any atom is 0.409 e. The molecule has 2 amide bonds. The SMILES string of the molecule is CCOC(=O)N1CCC(NC(=O)CNCCCc2ccccc2)CC1. The van der Waals surface area contributed by atoms with Crippen LogP contribution >= 0.6 is 0 Å². The van der Waals surface area contributed by atoms with Crippen LogP contribution in [-0.2, 0) is 16.0 Å². The van der Waals surface area contributed by atoms with Gasteiger partial charge < -0.3 is 20.3 Å². The van der Waals surface area contributed by atoms with Gasteiger partial charge in [0.15, 0.2) is 0 Å². The summed E-state index contributed by atoms with van der Waals surface area (Å²) in [6.45, 7) is 4.63. The van der Waals surface area contributed by atoms with Crippen LogP contribution in [0.25, 0.3) is 0 Å². The molecule has 1 fully saturated rings. The smallest absolute Gasteiger partial charge is 0.409 e. The number of piperidine rings is 1.